The van der Waals surface area contributed by atoms with Crippen LogP contribution in [0.1, 0.15) is 73.1 Å². The number of hydrogen-bond acceptors (Lipinski definition) is 4. The zero-order chi connectivity index (χ0) is 23.4. The van der Waals surface area contributed by atoms with Gasteiger partial charge in [-0.15, -0.1) is 0 Å². The van der Waals surface area contributed by atoms with Gasteiger partial charge in [0.15, 0.2) is 11.6 Å². The number of carbonyl (C=O) groups excluding carboxylic acids is 2. The second-order valence-corrected chi connectivity index (χ2v) is 8.58. The van der Waals surface area contributed by atoms with Crippen LogP contribution in [0.3, 0.4) is 0 Å². The van der Waals surface area contributed by atoms with Crippen LogP contribution in [0.5, 0.6) is 0 Å². The van der Waals surface area contributed by atoms with Crippen molar-refractivity contribution in [3.63, 3.8) is 0 Å². The molecule has 0 fully saturated rings. The van der Waals surface area contributed by atoms with Crippen molar-refractivity contribution in [1.29, 1.82) is 0 Å². The summed E-state index contributed by atoms with van der Waals surface area (Å²) in [7, 11) is 0. The van der Waals surface area contributed by atoms with Gasteiger partial charge in [0.1, 0.15) is 0 Å². The third-order valence-electron chi connectivity index (χ3n) is 5.33. The van der Waals surface area contributed by atoms with Crippen molar-refractivity contribution in [2.24, 2.45) is 0 Å². The van der Waals surface area contributed by atoms with E-state index in [-0.39, 0.29) is 18.2 Å². The Morgan fingerprint density at radius 3 is 2.16 bits per heavy atom. The number of aliphatic hydroxyl groups is 2. The summed E-state index contributed by atoms with van der Waals surface area (Å²) in [6.07, 6.45) is 14.9. The predicted octanol–water partition coefficient (Wildman–Crippen LogP) is 5.49. The number of aliphatic hydroxyl groups excluding tert-OH is 2. The van der Waals surface area contributed by atoms with E-state index in [0.29, 0.717) is 29.6 Å². The summed E-state index contributed by atoms with van der Waals surface area (Å²) in [5.74, 6) is -0.153. The molecule has 0 aromatic heterocycles. The molecule has 4 nitrogen and oxygen atoms in total. The van der Waals surface area contributed by atoms with E-state index in [1.54, 1.807) is 6.92 Å². The van der Waals surface area contributed by atoms with Crippen molar-refractivity contribution in [2.45, 2.75) is 79.2 Å². The lowest BCUT2D eigenvalue weighted by atomic mass is 9.94. The monoisotopic (exact) mass is 426 g/mol. The summed E-state index contributed by atoms with van der Waals surface area (Å²) in [6, 6.07) is 0. The molecule has 31 heavy (non-hydrogen) atoms. The van der Waals surface area contributed by atoms with E-state index >= 15 is 0 Å². The van der Waals surface area contributed by atoms with Crippen LogP contribution in [0.2, 0.25) is 0 Å². The molecule has 0 saturated heterocycles. The van der Waals surface area contributed by atoms with E-state index in [9.17, 15) is 19.8 Å². The zero-order valence-corrected chi connectivity index (χ0v) is 19.7. The van der Waals surface area contributed by atoms with Gasteiger partial charge in [0.2, 0.25) is 0 Å². The van der Waals surface area contributed by atoms with E-state index in [4.69, 9.17) is 0 Å². The first-order chi connectivity index (χ1) is 14.6. The first-order valence-electron chi connectivity index (χ1n) is 11.0. The molecule has 0 aliphatic heterocycles. The largest absolute Gasteiger partial charge is 0.392 e. The van der Waals surface area contributed by atoms with Gasteiger partial charge in [0.25, 0.3) is 0 Å². The molecule has 4 heteroatoms. The van der Waals surface area contributed by atoms with Crippen LogP contribution in [0, 0.1) is 0 Å². The van der Waals surface area contributed by atoms with Crippen molar-refractivity contribution in [3.05, 3.63) is 69.9 Å². The highest BCUT2D eigenvalue weighted by Crippen LogP contribution is 2.18. The fourth-order valence-electron chi connectivity index (χ4n) is 3.29. The molecule has 0 amide bonds. The fourth-order valence-corrected chi connectivity index (χ4v) is 3.29. The molecule has 0 bridgehead atoms. The highest BCUT2D eigenvalue weighted by atomic mass is 16.3. The van der Waals surface area contributed by atoms with E-state index in [2.05, 4.69) is 13.0 Å². The molecule has 0 saturated carbocycles. The minimum absolute atomic E-state index is 0.0411. The molecule has 0 aromatic rings. The number of allylic oxidation sites excluding steroid dienone is 10. The van der Waals surface area contributed by atoms with Gasteiger partial charge in [-0.25, -0.2) is 0 Å². The maximum absolute atomic E-state index is 12.1. The standard InChI is InChI=1S/C27H38O4/c1-19(2)12-15-26(30)24(18-28)11-7-10-20(3)8-6-9-21(4)13-14-23-17-25(29)16-22(5)27(23)31/h8,11-13,16-17,26,28,30H,6-7,9-10,14-15,18H2,1-5H3/b20-8+,21-13+,24-11+. The van der Waals surface area contributed by atoms with E-state index in [0.717, 1.165) is 31.3 Å². The molecule has 1 unspecified atom stereocenters. The number of Topliss-reactive ketones (excluding diaryl/α,β-unsaturated/α-hetero) is 1. The van der Waals surface area contributed by atoms with E-state index in [1.807, 2.05) is 39.0 Å². The minimum Gasteiger partial charge on any atom is -0.392 e. The molecule has 0 spiro atoms. The van der Waals surface area contributed by atoms with Gasteiger partial charge in [-0.1, -0.05) is 41.0 Å². The van der Waals surface area contributed by atoms with Crippen LogP contribution in [0.25, 0.3) is 0 Å². The molecule has 1 aliphatic rings. The van der Waals surface area contributed by atoms with E-state index < -0.39 is 6.10 Å². The Kier molecular flexibility index (Phi) is 12.0. The van der Waals surface area contributed by atoms with Crippen molar-refractivity contribution in [3.8, 4) is 0 Å². The van der Waals surface area contributed by atoms with Gasteiger partial charge < -0.3 is 10.2 Å². The van der Waals surface area contributed by atoms with E-state index in [1.165, 1.54) is 23.3 Å². The minimum atomic E-state index is -0.627. The van der Waals surface area contributed by atoms with Crippen LogP contribution in [-0.4, -0.2) is 34.5 Å². The van der Waals surface area contributed by atoms with Gasteiger partial charge in [0.05, 0.1) is 12.7 Å². The summed E-state index contributed by atoms with van der Waals surface area (Å²) < 4.78 is 0. The molecule has 1 aliphatic carbocycles. The Balaban J connectivity index is 2.46. The number of hydrogen-bond donors (Lipinski definition) is 2. The van der Waals surface area contributed by atoms with Crippen molar-refractivity contribution in [2.75, 3.05) is 6.61 Å². The summed E-state index contributed by atoms with van der Waals surface area (Å²) in [6.45, 7) is 9.69. The molecule has 1 atom stereocenters. The molecule has 0 heterocycles. The Hall–Kier alpha value is -2.30. The highest BCUT2D eigenvalue weighted by Gasteiger charge is 2.17. The summed E-state index contributed by atoms with van der Waals surface area (Å²) in [5.41, 5.74) is 5.38. The maximum Gasteiger partial charge on any atom is 0.185 e. The Labute approximate surface area is 187 Å². The molecule has 2 N–H and O–H groups in total. The molecule has 1 rings (SSSR count). The third kappa shape index (κ3) is 10.5. The van der Waals surface area contributed by atoms with Crippen molar-refractivity contribution < 1.29 is 19.8 Å². The highest BCUT2D eigenvalue weighted by molar-refractivity contribution is 6.20. The lowest BCUT2D eigenvalue weighted by Crippen LogP contribution is -2.12. The van der Waals surface area contributed by atoms with Gasteiger partial charge in [-0.05, 0) is 90.9 Å². The van der Waals surface area contributed by atoms with Crippen LogP contribution in [0.4, 0.5) is 0 Å². The number of ketones is 2. The van der Waals surface area contributed by atoms with Crippen LogP contribution < -0.4 is 0 Å². The molecule has 0 aromatic carbocycles. The number of carbonyl (C=O) groups is 2. The van der Waals surface area contributed by atoms with Crippen LogP contribution in [0.15, 0.2) is 69.9 Å². The topological polar surface area (TPSA) is 74.6 Å². The Morgan fingerprint density at radius 1 is 0.935 bits per heavy atom. The average molecular weight is 427 g/mol. The summed E-state index contributed by atoms with van der Waals surface area (Å²) in [4.78, 5) is 23.7. The van der Waals surface area contributed by atoms with Gasteiger partial charge in [-0.3, -0.25) is 9.59 Å². The number of rotatable bonds is 12. The molecular weight excluding hydrogens is 388 g/mol. The van der Waals surface area contributed by atoms with Crippen LogP contribution >= 0.6 is 0 Å². The summed E-state index contributed by atoms with van der Waals surface area (Å²) >= 11 is 0. The Bertz CT molecular complexity index is 827. The van der Waals surface area contributed by atoms with Crippen molar-refractivity contribution >= 4 is 11.6 Å². The van der Waals surface area contributed by atoms with Crippen LogP contribution in [-0.2, 0) is 9.59 Å². The third-order valence-corrected chi connectivity index (χ3v) is 5.33. The zero-order valence-electron chi connectivity index (χ0n) is 19.7. The lowest BCUT2D eigenvalue weighted by Gasteiger charge is -2.11. The molecular formula is C27H38O4. The summed E-state index contributed by atoms with van der Waals surface area (Å²) in [5, 5.41) is 19.7. The second kappa shape index (κ2) is 13.9. The first kappa shape index (κ1) is 26.7. The predicted molar refractivity (Wildman–Crippen MR) is 128 cm³/mol. The molecule has 170 valence electrons. The second-order valence-electron chi connectivity index (χ2n) is 8.58. The van der Waals surface area contributed by atoms with Gasteiger partial charge in [-0.2, -0.15) is 0 Å². The Morgan fingerprint density at radius 2 is 1.55 bits per heavy atom. The molecule has 0 radical (unpaired) electrons. The normalized spacial score (nSPS) is 16.8. The average Bonchev–Trinajstić information content (AvgIpc) is 2.70. The van der Waals surface area contributed by atoms with Crippen molar-refractivity contribution in [1.82, 2.24) is 0 Å². The van der Waals surface area contributed by atoms with Gasteiger partial charge >= 0.3 is 0 Å². The SMILES string of the molecule is CC(C)=CCC(O)/C(=C/CC/C(C)=C/CC/C(C)=C/CC1=CC(=O)C=C(C)C1=O)CO. The first-order valence-corrected chi connectivity index (χ1v) is 11.0. The maximum atomic E-state index is 12.1. The lowest BCUT2D eigenvalue weighted by molar-refractivity contribution is -0.115. The van der Waals surface area contributed by atoms with Gasteiger partial charge in [0, 0.05) is 11.1 Å². The quantitative estimate of drug-likeness (QED) is 0.320. The fraction of sp³-hybridized carbons (Fsp3) is 0.481. The smallest absolute Gasteiger partial charge is 0.185 e.